The van der Waals surface area contributed by atoms with Crippen molar-refractivity contribution >= 4 is 50.5 Å². The standard InChI is InChI=1S/C20H23FN4O2S2/c1-4-5-6-9-27-16-8-7-13(10-15(16)21)22-20(28)23-18(26)17-11-14-12(2)24-25(3)19(14)29-17/h7-8,10-11H,4-6,9H2,1-3H3,(H2,22,23,26,28). The number of carbonyl (C=O) groups is 1. The zero-order chi connectivity index (χ0) is 21.0. The molecule has 0 spiro atoms. The van der Waals surface area contributed by atoms with Crippen LogP contribution < -0.4 is 15.4 Å². The number of aromatic nitrogens is 2. The molecule has 0 aliphatic heterocycles. The Labute approximate surface area is 178 Å². The third kappa shape index (κ3) is 5.10. The van der Waals surface area contributed by atoms with Crippen molar-refractivity contribution in [2.75, 3.05) is 11.9 Å². The van der Waals surface area contributed by atoms with Crippen LogP contribution in [0.2, 0.25) is 0 Å². The number of amides is 1. The molecule has 0 unspecified atom stereocenters. The zero-order valence-electron chi connectivity index (χ0n) is 16.5. The highest BCUT2D eigenvalue weighted by Gasteiger charge is 2.16. The van der Waals surface area contributed by atoms with Gasteiger partial charge in [0, 0.05) is 24.2 Å². The smallest absolute Gasteiger partial charge is 0.267 e. The van der Waals surface area contributed by atoms with E-state index in [0.717, 1.165) is 35.2 Å². The van der Waals surface area contributed by atoms with Crippen LogP contribution >= 0.6 is 23.6 Å². The van der Waals surface area contributed by atoms with Crippen LogP contribution in [0.15, 0.2) is 24.3 Å². The maximum atomic E-state index is 14.2. The van der Waals surface area contributed by atoms with Gasteiger partial charge in [0.2, 0.25) is 0 Å². The molecule has 154 valence electrons. The molecule has 0 fully saturated rings. The van der Waals surface area contributed by atoms with E-state index >= 15 is 0 Å². The number of ether oxygens (including phenoxy) is 1. The van der Waals surface area contributed by atoms with Crippen molar-refractivity contribution in [3.8, 4) is 5.75 Å². The summed E-state index contributed by atoms with van der Waals surface area (Å²) < 4.78 is 21.4. The van der Waals surface area contributed by atoms with E-state index in [2.05, 4.69) is 22.7 Å². The summed E-state index contributed by atoms with van der Waals surface area (Å²) >= 11 is 6.53. The van der Waals surface area contributed by atoms with Gasteiger partial charge in [-0.3, -0.25) is 14.8 Å². The molecular formula is C20H23FN4O2S2. The number of carbonyl (C=O) groups excluding carboxylic acids is 1. The summed E-state index contributed by atoms with van der Waals surface area (Å²) in [4.78, 5) is 13.9. The Morgan fingerprint density at radius 3 is 2.83 bits per heavy atom. The highest BCUT2D eigenvalue weighted by molar-refractivity contribution is 7.80. The minimum absolute atomic E-state index is 0.0957. The Morgan fingerprint density at radius 1 is 1.34 bits per heavy atom. The largest absolute Gasteiger partial charge is 0.491 e. The topological polar surface area (TPSA) is 68.2 Å². The maximum Gasteiger partial charge on any atom is 0.267 e. The van der Waals surface area contributed by atoms with Gasteiger partial charge >= 0.3 is 0 Å². The first-order chi connectivity index (χ1) is 13.9. The number of benzene rings is 1. The fourth-order valence-corrected chi connectivity index (χ4v) is 4.10. The van der Waals surface area contributed by atoms with E-state index < -0.39 is 5.82 Å². The van der Waals surface area contributed by atoms with Gasteiger partial charge in [0.1, 0.15) is 4.83 Å². The number of nitrogens with zero attached hydrogens (tertiary/aromatic N) is 2. The number of unbranched alkanes of at least 4 members (excludes halogenated alkanes) is 2. The number of aryl methyl sites for hydroxylation is 2. The summed E-state index contributed by atoms with van der Waals surface area (Å²) in [5, 5.41) is 10.8. The lowest BCUT2D eigenvalue weighted by atomic mass is 10.2. The predicted molar refractivity (Wildman–Crippen MR) is 118 cm³/mol. The number of halogens is 1. The van der Waals surface area contributed by atoms with Crippen molar-refractivity contribution in [3.63, 3.8) is 0 Å². The predicted octanol–water partition coefficient (Wildman–Crippen LogP) is 4.78. The fraction of sp³-hybridized carbons (Fsp3) is 0.350. The molecule has 29 heavy (non-hydrogen) atoms. The van der Waals surface area contributed by atoms with Crippen molar-refractivity contribution in [3.05, 3.63) is 40.7 Å². The van der Waals surface area contributed by atoms with Crippen LogP contribution in [0.1, 0.15) is 41.6 Å². The van der Waals surface area contributed by atoms with Gasteiger partial charge in [-0.1, -0.05) is 19.8 Å². The molecule has 2 N–H and O–H groups in total. The average molecular weight is 435 g/mol. The first-order valence-electron chi connectivity index (χ1n) is 9.37. The number of thiophene rings is 1. The number of hydrogen-bond acceptors (Lipinski definition) is 5. The lowest BCUT2D eigenvalue weighted by molar-refractivity contribution is 0.0981. The van der Waals surface area contributed by atoms with Gasteiger partial charge in [0.05, 0.1) is 17.2 Å². The van der Waals surface area contributed by atoms with Gasteiger partial charge in [-0.25, -0.2) is 4.39 Å². The van der Waals surface area contributed by atoms with Crippen LogP contribution in [-0.2, 0) is 7.05 Å². The molecule has 9 heteroatoms. The minimum atomic E-state index is -0.479. The Hall–Kier alpha value is -2.52. The molecule has 2 aromatic heterocycles. The van der Waals surface area contributed by atoms with E-state index in [4.69, 9.17) is 17.0 Å². The van der Waals surface area contributed by atoms with Gasteiger partial charge in [0.15, 0.2) is 16.7 Å². The molecule has 0 aliphatic carbocycles. The molecule has 0 atom stereocenters. The highest BCUT2D eigenvalue weighted by atomic mass is 32.1. The highest BCUT2D eigenvalue weighted by Crippen LogP contribution is 2.27. The maximum absolute atomic E-state index is 14.2. The van der Waals surface area contributed by atoms with Crippen LogP contribution in [0.3, 0.4) is 0 Å². The summed E-state index contributed by atoms with van der Waals surface area (Å²) in [6.07, 6.45) is 3.01. The third-order valence-electron chi connectivity index (χ3n) is 4.34. The van der Waals surface area contributed by atoms with Gasteiger partial charge in [-0.05, 0) is 43.8 Å². The minimum Gasteiger partial charge on any atom is -0.491 e. The first-order valence-corrected chi connectivity index (χ1v) is 10.6. The van der Waals surface area contributed by atoms with Crippen LogP contribution in [-0.4, -0.2) is 27.4 Å². The molecular weight excluding hydrogens is 411 g/mol. The molecule has 1 amide bonds. The molecule has 0 aliphatic rings. The van der Waals surface area contributed by atoms with E-state index in [9.17, 15) is 9.18 Å². The number of hydrogen-bond donors (Lipinski definition) is 2. The summed E-state index contributed by atoms with van der Waals surface area (Å²) in [7, 11) is 1.84. The number of anilines is 1. The van der Waals surface area contributed by atoms with Crippen LogP contribution in [0, 0.1) is 12.7 Å². The quantitative estimate of drug-likeness (QED) is 0.414. The van der Waals surface area contributed by atoms with E-state index in [1.54, 1.807) is 22.9 Å². The van der Waals surface area contributed by atoms with Crippen LogP contribution in [0.25, 0.3) is 10.2 Å². The lowest BCUT2D eigenvalue weighted by Crippen LogP contribution is -2.33. The second-order valence-electron chi connectivity index (χ2n) is 6.65. The van der Waals surface area contributed by atoms with Crippen molar-refractivity contribution in [2.24, 2.45) is 7.05 Å². The van der Waals surface area contributed by atoms with E-state index in [1.165, 1.54) is 17.4 Å². The molecule has 0 bridgehead atoms. The molecule has 0 saturated heterocycles. The Kier molecular flexibility index (Phi) is 6.81. The summed E-state index contributed by atoms with van der Waals surface area (Å²) in [6, 6.07) is 6.30. The second-order valence-corrected chi connectivity index (χ2v) is 8.09. The molecule has 0 radical (unpaired) electrons. The second kappa shape index (κ2) is 9.32. The zero-order valence-corrected chi connectivity index (χ0v) is 18.2. The van der Waals surface area contributed by atoms with E-state index in [1.807, 2.05) is 14.0 Å². The number of nitrogens with one attached hydrogen (secondary N) is 2. The first kappa shape index (κ1) is 21.2. The molecule has 3 rings (SSSR count). The van der Waals surface area contributed by atoms with Gasteiger partial charge in [0.25, 0.3) is 5.91 Å². The van der Waals surface area contributed by atoms with Gasteiger partial charge in [-0.15, -0.1) is 11.3 Å². The van der Waals surface area contributed by atoms with E-state index in [0.29, 0.717) is 17.2 Å². The van der Waals surface area contributed by atoms with Crippen LogP contribution in [0.5, 0.6) is 5.75 Å². The molecule has 1 aromatic carbocycles. The summed E-state index contributed by atoms with van der Waals surface area (Å²) in [6.45, 7) is 4.48. The Bertz CT molecular complexity index is 1010. The monoisotopic (exact) mass is 434 g/mol. The van der Waals surface area contributed by atoms with Crippen molar-refractivity contribution in [1.82, 2.24) is 15.1 Å². The van der Waals surface area contributed by atoms with E-state index in [-0.39, 0.29) is 16.8 Å². The molecule has 2 heterocycles. The summed E-state index contributed by atoms with van der Waals surface area (Å²) in [5.41, 5.74) is 1.30. The number of thiocarbonyl (C=S) groups is 1. The molecule has 3 aromatic rings. The average Bonchev–Trinajstić information content (AvgIpc) is 3.22. The van der Waals surface area contributed by atoms with Crippen LogP contribution in [0.4, 0.5) is 10.1 Å². The Morgan fingerprint density at radius 2 is 2.14 bits per heavy atom. The summed E-state index contributed by atoms with van der Waals surface area (Å²) in [5.74, 6) is -0.594. The Balaban J connectivity index is 1.58. The van der Waals surface area contributed by atoms with Crippen molar-refractivity contribution in [1.29, 1.82) is 0 Å². The van der Waals surface area contributed by atoms with Gasteiger partial charge in [-0.2, -0.15) is 5.10 Å². The third-order valence-corrected chi connectivity index (χ3v) is 5.75. The fourth-order valence-electron chi connectivity index (χ4n) is 2.87. The molecule has 6 nitrogen and oxygen atoms in total. The molecule has 0 saturated carbocycles. The van der Waals surface area contributed by atoms with Crippen molar-refractivity contribution in [2.45, 2.75) is 33.1 Å². The van der Waals surface area contributed by atoms with Crippen molar-refractivity contribution < 1.29 is 13.9 Å². The van der Waals surface area contributed by atoms with Gasteiger partial charge < -0.3 is 10.1 Å². The normalized spacial score (nSPS) is 10.9. The number of fused-ring (bicyclic) bond motifs is 1. The number of rotatable bonds is 7. The lowest BCUT2D eigenvalue weighted by Gasteiger charge is -2.11. The SMILES string of the molecule is CCCCCOc1ccc(NC(=S)NC(=O)c2cc3c(C)nn(C)c3s2)cc1F.